The van der Waals surface area contributed by atoms with Gasteiger partial charge in [0.15, 0.2) is 0 Å². The van der Waals surface area contributed by atoms with Crippen molar-refractivity contribution in [1.82, 2.24) is 5.32 Å². The third-order valence-electron chi connectivity index (χ3n) is 2.47. The third-order valence-corrected chi connectivity index (χ3v) is 3.56. The maximum Gasteiger partial charge on any atom is 0.251 e. The number of benzene rings is 2. The number of hydrogen-bond acceptors (Lipinski definition) is 3. The maximum atomic E-state index is 11.6. The molecule has 0 spiro atoms. The Morgan fingerprint density at radius 3 is 2.56 bits per heavy atom. The van der Waals surface area contributed by atoms with E-state index in [-0.39, 0.29) is 5.91 Å². The lowest BCUT2D eigenvalue weighted by Gasteiger charge is -2.07. The lowest BCUT2D eigenvalue weighted by molar-refractivity contribution is 0.0963. The van der Waals surface area contributed by atoms with Gasteiger partial charge >= 0.3 is 0 Å². The smallest absolute Gasteiger partial charge is 0.251 e. The van der Waals surface area contributed by atoms with Crippen LogP contribution in [0.3, 0.4) is 0 Å². The fourth-order valence-corrected chi connectivity index (χ4v) is 2.44. The van der Waals surface area contributed by atoms with Crippen molar-refractivity contribution >= 4 is 23.4 Å². The molecule has 4 heteroatoms. The molecule has 0 aromatic heterocycles. The number of carbonyl (C=O) groups excluding carboxylic acids is 1. The maximum absolute atomic E-state index is 11.6. The van der Waals surface area contributed by atoms with Gasteiger partial charge in [-0.15, -0.1) is 0 Å². The summed E-state index contributed by atoms with van der Waals surface area (Å²) in [5.41, 5.74) is 7.22. The van der Waals surface area contributed by atoms with E-state index < -0.39 is 0 Å². The van der Waals surface area contributed by atoms with Crippen LogP contribution >= 0.6 is 11.8 Å². The van der Waals surface area contributed by atoms with Crippen LogP contribution in [-0.2, 0) is 0 Å². The summed E-state index contributed by atoms with van der Waals surface area (Å²) in [6, 6.07) is 15.2. The molecule has 92 valence electrons. The van der Waals surface area contributed by atoms with Gasteiger partial charge < -0.3 is 11.1 Å². The highest BCUT2D eigenvalue weighted by molar-refractivity contribution is 7.99. The standard InChI is InChI=1S/C14H14N2OS/c1-16-14(17)10-7-8-12(15)13(9-10)18-11-5-3-2-4-6-11/h2-9H,15H2,1H3,(H,16,17). The zero-order chi connectivity index (χ0) is 13.0. The molecule has 0 saturated carbocycles. The fourth-order valence-electron chi connectivity index (χ4n) is 1.52. The van der Waals surface area contributed by atoms with Gasteiger partial charge in [-0.2, -0.15) is 0 Å². The van der Waals surface area contributed by atoms with Crippen LogP contribution in [0.25, 0.3) is 0 Å². The summed E-state index contributed by atoms with van der Waals surface area (Å²) >= 11 is 1.55. The monoisotopic (exact) mass is 258 g/mol. The Morgan fingerprint density at radius 1 is 1.17 bits per heavy atom. The predicted octanol–water partition coefficient (Wildman–Crippen LogP) is 2.78. The van der Waals surface area contributed by atoms with Gasteiger partial charge in [-0.05, 0) is 30.3 Å². The van der Waals surface area contributed by atoms with E-state index in [9.17, 15) is 4.79 Å². The molecule has 0 fully saturated rings. The van der Waals surface area contributed by atoms with E-state index in [1.54, 1.807) is 30.9 Å². The van der Waals surface area contributed by atoms with Crippen molar-refractivity contribution in [1.29, 1.82) is 0 Å². The first-order valence-electron chi connectivity index (χ1n) is 5.55. The highest BCUT2D eigenvalue weighted by Gasteiger charge is 2.07. The fraction of sp³-hybridized carbons (Fsp3) is 0.0714. The molecular formula is C14H14N2OS. The SMILES string of the molecule is CNC(=O)c1ccc(N)c(Sc2ccccc2)c1. The topological polar surface area (TPSA) is 55.1 Å². The number of anilines is 1. The van der Waals surface area contributed by atoms with Gasteiger partial charge in [-0.3, -0.25) is 4.79 Å². The van der Waals surface area contributed by atoms with Crippen molar-refractivity contribution in [3.63, 3.8) is 0 Å². The molecule has 0 saturated heterocycles. The Hall–Kier alpha value is -1.94. The molecule has 2 rings (SSSR count). The van der Waals surface area contributed by atoms with Gasteiger partial charge in [-0.1, -0.05) is 30.0 Å². The first kappa shape index (κ1) is 12.5. The first-order chi connectivity index (χ1) is 8.70. The summed E-state index contributed by atoms with van der Waals surface area (Å²) in [4.78, 5) is 13.6. The third kappa shape index (κ3) is 2.84. The van der Waals surface area contributed by atoms with Crippen molar-refractivity contribution in [3.05, 3.63) is 54.1 Å². The second-order valence-corrected chi connectivity index (χ2v) is 4.86. The molecule has 0 radical (unpaired) electrons. The molecule has 0 aliphatic heterocycles. The van der Waals surface area contributed by atoms with Gasteiger partial charge in [0, 0.05) is 28.1 Å². The van der Waals surface area contributed by atoms with E-state index in [2.05, 4.69) is 5.32 Å². The number of nitrogens with one attached hydrogen (secondary N) is 1. The van der Waals surface area contributed by atoms with Gasteiger partial charge in [-0.25, -0.2) is 0 Å². The van der Waals surface area contributed by atoms with E-state index in [1.165, 1.54) is 0 Å². The van der Waals surface area contributed by atoms with E-state index in [0.717, 1.165) is 9.79 Å². The van der Waals surface area contributed by atoms with Gasteiger partial charge in [0.1, 0.15) is 0 Å². The molecule has 0 aliphatic carbocycles. The van der Waals surface area contributed by atoms with E-state index in [4.69, 9.17) is 5.73 Å². The van der Waals surface area contributed by atoms with Crippen LogP contribution in [0.15, 0.2) is 58.3 Å². The van der Waals surface area contributed by atoms with Crippen LogP contribution in [0.2, 0.25) is 0 Å². The number of carbonyl (C=O) groups is 1. The van der Waals surface area contributed by atoms with Crippen LogP contribution in [-0.4, -0.2) is 13.0 Å². The minimum atomic E-state index is -0.107. The van der Waals surface area contributed by atoms with Gasteiger partial charge in [0.2, 0.25) is 0 Å². The highest BCUT2D eigenvalue weighted by atomic mass is 32.2. The number of nitrogen functional groups attached to an aromatic ring is 1. The van der Waals surface area contributed by atoms with Crippen LogP contribution in [0.5, 0.6) is 0 Å². The molecule has 2 aromatic carbocycles. The first-order valence-corrected chi connectivity index (χ1v) is 6.37. The number of hydrogen-bond donors (Lipinski definition) is 2. The van der Waals surface area contributed by atoms with Crippen LogP contribution in [0.1, 0.15) is 10.4 Å². The average Bonchev–Trinajstić information content (AvgIpc) is 2.41. The Balaban J connectivity index is 2.30. The number of nitrogens with two attached hydrogens (primary N) is 1. The van der Waals surface area contributed by atoms with Crippen molar-refractivity contribution in [2.45, 2.75) is 9.79 Å². The lowest BCUT2D eigenvalue weighted by atomic mass is 10.2. The number of rotatable bonds is 3. The summed E-state index contributed by atoms with van der Waals surface area (Å²) in [6.07, 6.45) is 0. The number of amides is 1. The zero-order valence-electron chi connectivity index (χ0n) is 10.0. The second kappa shape index (κ2) is 5.60. The highest BCUT2D eigenvalue weighted by Crippen LogP contribution is 2.32. The molecular weight excluding hydrogens is 244 g/mol. The van der Waals surface area contributed by atoms with Crippen molar-refractivity contribution in [2.75, 3.05) is 12.8 Å². The molecule has 2 aromatic rings. The van der Waals surface area contributed by atoms with Crippen LogP contribution < -0.4 is 11.1 Å². The van der Waals surface area contributed by atoms with Crippen LogP contribution in [0.4, 0.5) is 5.69 Å². The molecule has 0 heterocycles. The summed E-state index contributed by atoms with van der Waals surface area (Å²) in [5, 5.41) is 2.60. The van der Waals surface area contributed by atoms with Crippen molar-refractivity contribution in [2.24, 2.45) is 0 Å². The predicted molar refractivity (Wildman–Crippen MR) is 74.8 cm³/mol. The molecule has 3 N–H and O–H groups in total. The Kier molecular flexibility index (Phi) is 3.89. The van der Waals surface area contributed by atoms with Crippen molar-refractivity contribution in [3.8, 4) is 0 Å². The molecule has 18 heavy (non-hydrogen) atoms. The minimum Gasteiger partial charge on any atom is -0.398 e. The average molecular weight is 258 g/mol. The molecule has 0 atom stereocenters. The Labute approximate surface area is 110 Å². The largest absolute Gasteiger partial charge is 0.398 e. The van der Waals surface area contributed by atoms with E-state index in [1.807, 2.05) is 36.4 Å². The Bertz CT molecular complexity index is 555. The quantitative estimate of drug-likeness (QED) is 0.832. The molecule has 1 amide bonds. The second-order valence-electron chi connectivity index (χ2n) is 3.75. The summed E-state index contributed by atoms with van der Waals surface area (Å²) in [7, 11) is 1.61. The summed E-state index contributed by atoms with van der Waals surface area (Å²) in [6.45, 7) is 0. The molecule has 0 bridgehead atoms. The zero-order valence-corrected chi connectivity index (χ0v) is 10.8. The van der Waals surface area contributed by atoms with Gasteiger partial charge in [0.25, 0.3) is 5.91 Å². The minimum absolute atomic E-state index is 0.107. The molecule has 3 nitrogen and oxygen atoms in total. The molecule has 0 aliphatic rings. The summed E-state index contributed by atoms with van der Waals surface area (Å²) < 4.78 is 0. The van der Waals surface area contributed by atoms with Gasteiger partial charge in [0.05, 0.1) is 0 Å². The summed E-state index contributed by atoms with van der Waals surface area (Å²) in [5.74, 6) is -0.107. The van der Waals surface area contributed by atoms with Crippen molar-refractivity contribution < 1.29 is 4.79 Å². The normalized spacial score (nSPS) is 10.1. The van der Waals surface area contributed by atoms with E-state index >= 15 is 0 Å². The van der Waals surface area contributed by atoms with E-state index in [0.29, 0.717) is 11.3 Å². The Morgan fingerprint density at radius 2 is 1.89 bits per heavy atom. The lowest BCUT2D eigenvalue weighted by Crippen LogP contribution is -2.17. The molecule has 0 unspecified atom stereocenters. The van der Waals surface area contributed by atoms with Crippen LogP contribution in [0, 0.1) is 0 Å².